The average Bonchev–Trinajstić information content (AvgIpc) is 3.23. The first-order chi connectivity index (χ1) is 13.5. The van der Waals surface area contributed by atoms with Gasteiger partial charge in [-0.05, 0) is 17.7 Å². The first kappa shape index (κ1) is 18.5. The van der Waals surface area contributed by atoms with Crippen LogP contribution in [-0.4, -0.2) is 16.8 Å². The summed E-state index contributed by atoms with van der Waals surface area (Å²) in [5.74, 6) is -0.222. The fourth-order valence-electron chi connectivity index (χ4n) is 3.22. The second kappa shape index (κ2) is 7.66. The number of fused-ring (bicyclic) bond motifs is 1. The molecule has 1 aliphatic rings. The minimum atomic E-state index is -0.415. The van der Waals surface area contributed by atoms with Gasteiger partial charge in [0.15, 0.2) is 5.78 Å². The van der Waals surface area contributed by atoms with Crippen molar-refractivity contribution < 1.29 is 14.3 Å². The van der Waals surface area contributed by atoms with Crippen molar-refractivity contribution in [3.8, 4) is 0 Å². The number of nitrogen functional groups attached to an aromatic ring is 1. The second-order valence-electron chi connectivity index (χ2n) is 6.45. The molecule has 1 aliphatic heterocycles. The van der Waals surface area contributed by atoms with E-state index in [9.17, 15) is 9.59 Å². The molecule has 3 aromatic rings. The first-order valence-corrected chi connectivity index (χ1v) is 9.89. The quantitative estimate of drug-likeness (QED) is 0.620. The van der Waals surface area contributed by atoms with Crippen LogP contribution >= 0.6 is 22.9 Å². The molecule has 28 heavy (non-hydrogen) atoms. The van der Waals surface area contributed by atoms with Crippen molar-refractivity contribution in [2.45, 2.75) is 19.7 Å². The molecule has 4 rings (SSSR count). The summed E-state index contributed by atoms with van der Waals surface area (Å²) in [5, 5.41) is 0.830. The normalized spacial score (nSPS) is 12.7. The van der Waals surface area contributed by atoms with Crippen LogP contribution in [0.4, 0.5) is 9.80 Å². The van der Waals surface area contributed by atoms with Crippen molar-refractivity contribution in [2.24, 2.45) is 0 Å². The molecule has 0 aliphatic carbocycles. The number of carbonyl (C=O) groups excluding carboxylic acids is 2. The summed E-state index contributed by atoms with van der Waals surface area (Å²) < 4.78 is 5.40. The third-order valence-corrected chi connectivity index (χ3v) is 5.99. The average molecular weight is 413 g/mol. The predicted octanol–water partition coefficient (Wildman–Crippen LogP) is 4.87. The molecule has 0 radical (unpaired) electrons. The summed E-state index contributed by atoms with van der Waals surface area (Å²) in [4.78, 5) is 27.9. The van der Waals surface area contributed by atoms with E-state index in [1.165, 1.54) is 11.3 Å². The SMILES string of the molecule is Nc1sc2c(c1C(=O)c1ccccc1Cl)CN(C(=O)OCc1ccccc1)C2. The highest BCUT2D eigenvalue weighted by atomic mass is 35.5. The number of nitrogens with zero attached hydrogens (tertiary/aromatic N) is 1. The second-order valence-corrected chi connectivity index (χ2v) is 7.99. The van der Waals surface area contributed by atoms with Gasteiger partial charge in [-0.15, -0.1) is 11.3 Å². The molecule has 142 valence electrons. The third kappa shape index (κ3) is 3.48. The van der Waals surface area contributed by atoms with Crippen molar-refractivity contribution >= 4 is 39.8 Å². The zero-order chi connectivity index (χ0) is 19.7. The zero-order valence-corrected chi connectivity index (χ0v) is 16.4. The Morgan fingerprint density at radius 1 is 1.07 bits per heavy atom. The van der Waals surface area contributed by atoms with Gasteiger partial charge in [0, 0.05) is 16.0 Å². The van der Waals surface area contributed by atoms with Crippen LogP contribution in [0.5, 0.6) is 0 Å². The van der Waals surface area contributed by atoms with Gasteiger partial charge in [-0.2, -0.15) is 0 Å². The molecular formula is C21H17ClN2O3S. The Morgan fingerprint density at radius 2 is 1.79 bits per heavy atom. The fraction of sp³-hybridized carbons (Fsp3) is 0.143. The molecule has 0 fully saturated rings. The Labute approximate surface area is 171 Å². The summed E-state index contributed by atoms with van der Waals surface area (Å²) in [6.07, 6.45) is -0.415. The lowest BCUT2D eigenvalue weighted by atomic mass is 10.0. The van der Waals surface area contributed by atoms with Crippen molar-refractivity contribution in [3.05, 3.63) is 86.8 Å². The molecule has 0 bridgehead atoms. The minimum Gasteiger partial charge on any atom is -0.445 e. The van der Waals surface area contributed by atoms with Gasteiger partial charge in [-0.25, -0.2) is 4.79 Å². The van der Waals surface area contributed by atoms with Gasteiger partial charge in [-0.1, -0.05) is 54.1 Å². The maximum Gasteiger partial charge on any atom is 0.410 e. The van der Waals surface area contributed by atoms with Crippen LogP contribution in [-0.2, 0) is 24.4 Å². The number of nitrogens with two attached hydrogens (primary N) is 1. The number of ether oxygens (including phenoxy) is 1. The first-order valence-electron chi connectivity index (χ1n) is 8.69. The molecule has 7 heteroatoms. The fourth-order valence-corrected chi connectivity index (χ4v) is 4.53. The molecule has 2 N–H and O–H groups in total. The Hall–Kier alpha value is -2.83. The molecule has 1 amide bonds. The van der Waals surface area contributed by atoms with E-state index < -0.39 is 6.09 Å². The Bertz CT molecular complexity index is 1050. The molecule has 2 heterocycles. The van der Waals surface area contributed by atoms with E-state index >= 15 is 0 Å². The van der Waals surface area contributed by atoms with Crippen LogP contribution in [0.25, 0.3) is 0 Å². The van der Waals surface area contributed by atoms with Crippen molar-refractivity contribution in [1.82, 2.24) is 4.90 Å². The van der Waals surface area contributed by atoms with E-state index in [-0.39, 0.29) is 12.4 Å². The van der Waals surface area contributed by atoms with E-state index in [1.54, 1.807) is 29.2 Å². The molecule has 0 spiro atoms. The van der Waals surface area contributed by atoms with Crippen LogP contribution in [0.2, 0.25) is 5.02 Å². The number of ketones is 1. The van der Waals surface area contributed by atoms with Crippen LogP contribution in [0.15, 0.2) is 54.6 Å². The largest absolute Gasteiger partial charge is 0.445 e. The highest BCUT2D eigenvalue weighted by Crippen LogP contribution is 2.39. The summed E-state index contributed by atoms with van der Waals surface area (Å²) in [6, 6.07) is 16.4. The van der Waals surface area contributed by atoms with Gasteiger partial charge in [-0.3, -0.25) is 9.69 Å². The lowest BCUT2D eigenvalue weighted by molar-refractivity contribution is 0.0950. The number of anilines is 1. The molecule has 0 saturated carbocycles. The van der Waals surface area contributed by atoms with Crippen LogP contribution in [0, 0.1) is 0 Å². The van der Waals surface area contributed by atoms with Gasteiger partial charge in [0.25, 0.3) is 0 Å². The van der Waals surface area contributed by atoms with Crippen LogP contribution in [0.1, 0.15) is 31.9 Å². The van der Waals surface area contributed by atoms with Crippen molar-refractivity contribution in [2.75, 3.05) is 5.73 Å². The van der Waals surface area contributed by atoms with Gasteiger partial charge in [0.1, 0.15) is 6.61 Å². The van der Waals surface area contributed by atoms with Crippen molar-refractivity contribution in [3.63, 3.8) is 0 Å². The lowest BCUT2D eigenvalue weighted by Gasteiger charge is -2.16. The summed E-state index contributed by atoms with van der Waals surface area (Å²) >= 11 is 7.51. The predicted molar refractivity (Wildman–Crippen MR) is 109 cm³/mol. The maximum atomic E-state index is 13.0. The lowest BCUT2D eigenvalue weighted by Crippen LogP contribution is -2.26. The zero-order valence-electron chi connectivity index (χ0n) is 14.9. The number of halogens is 1. The number of thiophene rings is 1. The van der Waals surface area contributed by atoms with Crippen molar-refractivity contribution in [1.29, 1.82) is 0 Å². The van der Waals surface area contributed by atoms with E-state index in [4.69, 9.17) is 22.1 Å². The standard InChI is InChI=1S/C21H17ClN2O3S/c22-16-9-5-4-8-14(16)19(25)18-15-10-24(11-17(15)28-20(18)23)21(26)27-12-13-6-2-1-3-7-13/h1-9H,10-12,23H2. The Kier molecular flexibility index (Phi) is 5.07. The number of benzene rings is 2. The van der Waals surface area contributed by atoms with E-state index in [0.717, 1.165) is 16.0 Å². The number of hydrogen-bond acceptors (Lipinski definition) is 5. The highest BCUT2D eigenvalue weighted by Gasteiger charge is 2.33. The number of amides is 1. The number of carbonyl (C=O) groups is 2. The molecule has 1 aromatic heterocycles. The van der Waals surface area contributed by atoms with E-state index in [1.807, 2.05) is 30.3 Å². The Morgan fingerprint density at radius 3 is 2.54 bits per heavy atom. The number of rotatable bonds is 4. The van der Waals surface area contributed by atoms with Gasteiger partial charge >= 0.3 is 6.09 Å². The number of hydrogen-bond donors (Lipinski definition) is 1. The Balaban J connectivity index is 1.51. The smallest absolute Gasteiger partial charge is 0.410 e. The topological polar surface area (TPSA) is 72.6 Å². The molecule has 0 unspecified atom stereocenters. The highest BCUT2D eigenvalue weighted by molar-refractivity contribution is 7.16. The molecule has 5 nitrogen and oxygen atoms in total. The third-order valence-electron chi connectivity index (χ3n) is 4.61. The van der Waals surface area contributed by atoms with Crippen LogP contribution in [0.3, 0.4) is 0 Å². The summed E-state index contributed by atoms with van der Waals surface area (Å²) in [7, 11) is 0. The van der Waals surface area contributed by atoms with Gasteiger partial charge < -0.3 is 10.5 Å². The maximum absolute atomic E-state index is 13.0. The van der Waals surface area contributed by atoms with Gasteiger partial charge in [0.05, 0.1) is 28.7 Å². The van der Waals surface area contributed by atoms with E-state index in [0.29, 0.717) is 34.2 Å². The van der Waals surface area contributed by atoms with Crippen LogP contribution < -0.4 is 5.73 Å². The molecule has 2 aromatic carbocycles. The molecular weight excluding hydrogens is 396 g/mol. The summed E-state index contributed by atoms with van der Waals surface area (Å²) in [6.45, 7) is 0.882. The minimum absolute atomic E-state index is 0.206. The molecule has 0 atom stereocenters. The summed E-state index contributed by atoms with van der Waals surface area (Å²) in [5.41, 5.74) is 8.66. The van der Waals surface area contributed by atoms with Gasteiger partial charge in [0.2, 0.25) is 0 Å². The van der Waals surface area contributed by atoms with E-state index in [2.05, 4.69) is 0 Å². The molecule has 0 saturated heterocycles. The monoisotopic (exact) mass is 412 g/mol.